The van der Waals surface area contributed by atoms with Gasteiger partial charge in [-0.05, 0) is 31.5 Å². The molecule has 3 rings (SSSR count). The molecule has 1 N–H and O–H groups in total. The zero-order valence-electron chi connectivity index (χ0n) is 17.8. The molecule has 0 saturated heterocycles. The van der Waals surface area contributed by atoms with Gasteiger partial charge in [0.2, 0.25) is 0 Å². The van der Waals surface area contributed by atoms with Gasteiger partial charge in [-0.1, -0.05) is 29.3 Å². The number of fused-ring (bicyclic) bond motifs is 1. The summed E-state index contributed by atoms with van der Waals surface area (Å²) >= 11 is 12.5. The molecule has 1 unspecified atom stereocenters. The van der Waals surface area contributed by atoms with Crippen LogP contribution in [0.5, 0.6) is 0 Å². The quantitative estimate of drug-likeness (QED) is 0.652. The summed E-state index contributed by atoms with van der Waals surface area (Å²) in [5.74, 6) is -2.75. The number of benzene rings is 1. The summed E-state index contributed by atoms with van der Waals surface area (Å²) in [6.07, 6.45) is 0. The van der Waals surface area contributed by atoms with E-state index in [1.54, 1.807) is 26.0 Å². The normalized spacial score (nSPS) is 15.1. The molecule has 0 amide bonds. The molecule has 2 aromatic rings. The van der Waals surface area contributed by atoms with Crippen LogP contribution in [0.2, 0.25) is 10.0 Å². The Kier molecular flexibility index (Phi) is 6.80. The average molecular weight is 482 g/mol. The highest BCUT2D eigenvalue weighted by Crippen LogP contribution is 2.43. The summed E-state index contributed by atoms with van der Waals surface area (Å²) < 4.78 is 12.4. The number of hydrogen-bond donors (Lipinski definition) is 1. The number of rotatable bonds is 5. The molecule has 1 aliphatic rings. The molecule has 2 heterocycles. The molecule has 0 spiro atoms. The number of nitrogens with zero attached hydrogens (tertiary/aromatic N) is 2. The van der Waals surface area contributed by atoms with E-state index in [1.807, 2.05) is 0 Å². The largest absolute Gasteiger partial charge is 0.463 e. The average Bonchev–Trinajstić information content (AvgIpc) is 2.75. The standard InChI is InChI=1S/C21H21Cl2N3O6/c1-5-31-19(28)14-13(11-8-7-10(22)9-12(11)23)15-17(24-16(14)20(29)32-6-2)25(3)21(30)26(4)18(15)27/h7-9,13,24H,5-6H2,1-4H3. The second-order valence-corrected chi connectivity index (χ2v) is 7.77. The maximum Gasteiger partial charge on any atom is 0.355 e. The van der Waals surface area contributed by atoms with Crippen molar-refractivity contribution in [1.29, 1.82) is 0 Å². The summed E-state index contributed by atoms with van der Waals surface area (Å²) in [6.45, 7) is 3.28. The molecule has 32 heavy (non-hydrogen) atoms. The third kappa shape index (κ3) is 3.93. The number of esters is 2. The van der Waals surface area contributed by atoms with Gasteiger partial charge in [0, 0.05) is 24.1 Å². The molecule has 1 atom stereocenters. The maximum absolute atomic E-state index is 13.2. The highest BCUT2D eigenvalue weighted by Gasteiger charge is 2.41. The first-order valence-electron chi connectivity index (χ1n) is 9.74. The Balaban J connectivity index is 2.48. The first-order valence-corrected chi connectivity index (χ1v) is 10.5. The van der Waals surface area contributed by atoms with E-state index in [2.05, 4.69) is 5.32 Å². The van der Waals surface area contributed by atoms with Crippen LogP contribution in [-0.4, -0.2) is 34.3 Å². The van der Waals surface area contributed by atoms with Crippen molar-refractivity contribution < 1.29 is 19.1 Å². The molecule has 170 valence electrons. The molecule has 0 saturated carbocycles. The smallest absolute Gasteiger partial charge is 0.355 e. The fourth-order valence-corrected chi connectivity index (χ4v) is 4.11. The van der Waals surface area contributed by atoms with Gasteiger partial charge in [-0.15, -0.1) is 0 Å². The number of halogens is 2. The van der Waals surface area contributed by atoms with Crippen LogP contribution in [0.15, 0.2) is 39.1 Å². The Morgan fingerprint density at radius 1 is 1.03 bits per heavy atom. The molecule has 1 aromatic carbocycles. The number of carbonyl (C=O) groups is 2. The van der Waals surface area contributed by atoms with E-state index in [1.165, 1.54) is 24.7 Å². The number of carbonyl (C=O) groups excluding carboxylic acids is 2. The monoisotopic (exact) mass is 481 g/mol. The van der Waals surface area contributed by atoms with Crippen molar-refractivity contribution in [2.75, 3.05) is 18.5 Å². The molecule has 9 nitrogen and oxygen atoms in total. The van der Waals surface area contributed by atoms with E-state index in [0.29, 0.717) is 10.6 Å². The molecular formula is C21H21Cl2N3O6. The molecular weight excluding hydrogens is 461 g/mol. The van der Waals surface area contributed by atoms with E-state index < -0.39 is 29.1 Å². The Hall–Kier alpha value is -3.04. The van der Waals surface area contributed by atoms with Crippen LogP contribution in [0.3, 0.4) is 0 Å². The lowest BCUT2D eigenvalue weighted by molar-refractivity contribution is -0.142. The van der Waals surface area contributed by atoms with Crippen molar-refractivity contribution in [3.63, 3.8) is 0 Å². The Bertz CT molecular complexity index is 1260. The van der Waals surface area contributed by atoms with Gasteiger partial charge in [0.25, 0.3) is 5.56 Å². The van der Waals surface area contributed by atoms with Gasteiger partial charge in [0.15, 0.2) is 0 Å². The summed E-state index contributed by atoms with van der Waals surface area (Å²) in [7, 11) is 2.76. The van der Waals surface area contributed by atoms with Crippen molar-refractivity contribution in [2.45, 2.75) is 19.8 Å². The van der Waals surface area contributed by atoms with Gasteiger partial charge >= 0.3 is 17.6 Å². The van der Waals surface area contributed by atoms with Crippen molar-refractivity contribution in [2.24, 2.45) is 14.1 Å². The first kappa shape index (κ1) is 23.6. The van der Waals surface area contributed by atoms with Gasteiger partial charge in [0.05, 0.1) is 30.3 Å². The lowest BCUT2D eigenvalue weighted by Gasteiger charge is -2.31. The number of nitrogens with one attached hydrogen (secondary N) is 1. The SMILES string of the molecule is CCOC(=O)C1=C(C(=O)OCC)C(c2ccc(Cl)cc2Cl)c2c(n(C)c(=O)n(C)c2=O)N1. The van der Waals surface area contributed by atoms with Gasteiger partial charge in [-0.25, -0.2) is 14.4 Å². The van der Waals surface area contributed by atoms with Crippen LogP contribution in [0.25, 0.3) is 0 Å². The minimum absolute atomic E-state index is 0.0254. The fourth-order valence-electron chi connectivity index (χ4n) is 3.60. The first-order chi connectivity index (χ1) is 15.1. The topological polar surface area (TPSA) is 109 Å². The summed E-state index contributed by atoms with van der Waals surface area (Å²) in [6, 6.07) is 4.56. The van der Waals surface area contributed by atoms with Crippen LogP contribution in [0, 0.1) is 0 Å². The second-order valence-electron chi connectivity index (χ2n) is 6.92. The van der Waals surface area contributed by atoms with Gasteiger partial charge in [-0.3, -0.25) is 13.9 Å². The van der Waals surface area contributed by atoms with Crippen LogP contribution < -0.4 is 16.6 Å². The molecule has 0 fully saturated rings. The number of ether oxygens (including phenoxy) is 2. The van der Waals surface area contributed by atoms with Gasteiger partial charge in [-0.2, -0.15) is 0 Å². The summed E-state index contributed by atoms with van der Waals surface area (Å²) in [5.41, 5.74) is -1.29. The lowest BCUT2D eigenvalue weighted by atomic mass is 9.82. The second kappa shape index (κ2) is 9.22. The number of anilines is 1. The Morgan fingerprint density at radius 2 is 1.66 bits per heavy atom. The van der Waals surface area contributed by atoms with Gasteiger partial charge in [0.1, 0.15) is 11.5 Å². The van der Waals surface area contributed by atoms with Crippen LogP contribution in [0.1, 0.15) is 30.9 Å². The predicted octanol–water partition coefficient (Wildman–Crippen LogP) is 2.33. The molecule has 0 radical (unpaired) electrons. The minimum Gasteiger partial charge on any atom is -0.463 e. The van der Waals surface area contributed by atoms with Gasteiger partial charge < -0.3 is 14.8 Å². The van der Waals surface area contributed by atoms with Crippen molar-refractivity contribution in [1.82, 2.24) is 9.13 Å². The summed E-state index contributed by atoms with van der Waals surface area (Å²) in [4.78, 5) is 51.7. The van der Waals surface area contributed by atoms with E-state index in [0.717, 1.165) is 4.57 Å². The number of hydrogen-bond acceptors (Lipinski definition) is 7. The van der Waals surface area contributed by atoms with Crippen molar-refractivity contribution in [3.8, 4) is 0 Å². The fraction of sp³-hybridized carbons (Fsp3) is 0.333. The molecule has 1 aliphatic heterocycles. The molecule has 0 bridgehead atoms. The van der Waals surface area contributed by atoms with E-state index in [9.17, 15) is 19.2 Å². The zero-order valence-corrected chi connectivity index (χ0v) is 19.3. The Morgan fingerprint density at radius 3 is 2.25 bits per heavy atom. The van der Waals surface area contributed by atoms with Crippen LogP contribution in [-0.2, 0) is 33.2 Å². The third-order valence-corrected chi connectivity index (χ3v) is 5.60. The van der Waals surface area contributed by atoms with Crippen molar-refractivity contribution >= 4 is 41.0 Å². The highest BCUT2D eigenvalue weighted by molar-refractivity contribution is 6.35. The van der Waals surface area contributed by atoms with E-state index >= 15 is 0 Å². The third-order valence-electron chi connectivity index (χ3n) is 5.04. The maximum atomic E-state index is 13.2. The summed E-state index contributed by atoms with van der Waals surface area (Å²) in [5, 5.41) is 3.27. The molecule has 11 heteroatoms. The van der Waals surface area contributed by atoms with Crippen LogP contribution >= 0.6 is 23.2 Å². The molecule has 0 aliphatic carbocycles. The van der Waals surface area contributed by atoms with Crippen LogP contribution in [0.4, 0.5) is 5.82 Å². The number of aromatic nitrogens is 2. The zero-order chi connectivity index (χ0) is 23.7. The van der Waals surface area contributed by atoms with E-state index in [4.69, 9.17) is 32.7 Å². The molecule has 1 aromatic heterocycles. The minimum atomic E-state index is -1.13. The Labute approximate surface area is 193 Å². The van der Waals surface area contributed by atoms with E-state index in [-0.39, 0.29) is 40.9 Å². The predicted molar refractivity (Wildman–Crippen MR) is 119 cm³/mol. The highest BCUT2D eigenvalue weighted by atomic mass is 35.5. The van der Waals surface area contributed by atoms with Crippen molar-refractivity contribution in [3.05, 3.63) is 71.5 Å². The lowest BCUT2D eigenvalue weighted by Crippen LogP contribution is -2.44.